The van der Waals surface area contributed by atoms with E-state index < -0.39 is 0 Å². The molecule has 2 rings (SSSR count). The molecule has 12 heavy (non-hydrogen) atoms. The molecular formula is C9H11N3. The van der Waals surface area contributed by atoms with Crippen LogP contribution in [0.5, 0.6) is 0 Å². The molecule has 0 saturated carbocycles. The second-order valence-electron chi connectivity index (χ2n) is 2.79. The molecule has 1 aromatic carbocycles. The van der Waals surface area contributed by atoms with Gasteiger partial charge in [-0.05, 0) is 18.2 Å². The molecule has 0 fully saturated rings. The number of hydrogen-bond donors (Lipinski definition) is 1. The summed E-state index contributed by atoms with van der Waals surface area (Å²) in [5, 5.41) is 8.42. The van der Waals surface area contributed by atoms with Crippen molar-refractivity contribution in [2.24, 2.45) is 7.05 Å². The molecule has 0 unspecified atom stereocenters. The quantitative estimate of drug-likeness (QED) is 0.688. The number of fused-ring (bicyclic) bond motifs is 1. The summed E-state index contributed by atoms with van der Waals surface area (Å²) in [6.45, 7) is 0. The Morgan fingerprint density at radius 1 is 1.42 bits per heavy atom. The van der Waals surface area contributed by atoms with Crippen LogP contribution in [-0.4, -0.2) is 16.8 Å². The standard InChI is InChI=1S/C9H11N3/c1-10-8-3-4-9-7(5-8)6-11-12(9)2/h3-6,10H,1-2H3. The van der Waals surface area contributed by atoms with Crippen LogP contribution in [-0.2, 0) is 7.05 Å². The third-order valence-electron chi connectivity index (χ3n) is 2.03. The number of nitrogens with zero attached hydrogens (tertiary/aromatic N) is 2. The maximum Gasteiger partial charge on any atom is 0.0680 e. The van der Waals surface area contributed by atoms with E-state index in [9.17, 15) is 0 Å². The van der Waals surface area contributed by atoms with Gasteiger partial charge in [-0.2, -0.15) is 5.10 Å². The van der Waals surface area contributed by atoms with Crippen LogP contribution in [0.4, 0.5) is 5.69 Å². The fourth-order valence-electron chi connectivity index (χ4n) is 1.32. The summed E-state index contributed by atoms with van der Waals surface area (Å²) < 4.78 is 1.87. The highest BCUT2D eigenvalue weighted by Crippen LogP contribution is 2.17. The lowest BCUT2D eigenvalue weighted by Gasteiger charge is -1.99. The average molecular weight is 161 g/mol. The van der Waals surface area contributed by atoms with E-state index in [4.69, 9.17) is 0 Å². The van der Waals surface area contributed by atoms with E-state index in [1.165, 1.54) is 5.39 Å². The van der Waals surface area contributed by atoms with Crippen LogP contribution < -0.4 is 5.32 Å². The molecule has 0 aliphatic heterocycles. The molecule has 1 aromatic heterocycles. The van der Waals surface area contributed by atoms with Crippen molar-refractivity contribution in [3.05, 3.63) is 24.4 Å². The Kier molecular flexibility index (Phi) is 1.50. The van der Waals surface area contributed by atoms with Gasteiger partial charge in [-0.15, -0.1) is 0 Å². The Morgan fingerprint density at radius 2 is 2.25 bits per heavy atom. The molecule has 0 radical (unpaired) electrons. The minimum atomic E-state index is 1.12. The Morgan fingerprint density at radius 3 is 3.00 bits per heavy atom. The van der Waals surface area contributed by atoms with Crippen molar-refractivity contribution in [3.63, 3.8) is 0 Å². The highest BCUT2D eigenvalue weighted by Gasteiger charge is 1.98. The summed E-state index contributed by atoms with van der Waals surface area (Å²) in [6.07, 6.45) is 1.87. The molecule has 0 aliphatic rings. The molecule has 0 aliphatic carbocycles. The third kappa shape index (κ3) is 0.942. The maximum atomic E-state index is 4.16. The Bertz CT molecular complexity index is 403. The summed E-state index contributed by atoms with van der Waals surface area (Å²) in [6, 6.07) is 6.19. The lowest BCUT2D eigenvalue weighted by Crippen LogP contribution is -1.89. The van der Waals surface area contributed by atoms with E-state index in [1.54, 1.807) is 0 Å². The molecule has 1 N–H and O–H groups in total. The van der Waals surface area contributed by atoms with Crippen molar-refractivity contribution in [3.8, 4) is 0 Å². The Labute approximate surface area is 71.0 Å². The van der Waals surface area contributed by atoms with Gasteiger partial charge >= 0.3 is 0 Å². The zero-order valence-electron chi connectivity index (χ0n) is 7.20. The highest BCUT2D eigenvalue weighted by atomic mass is 15.2. The minimum Gasteiger partial charge on any atom is -0.388 e. The lowest BCUT2D eigenvalue weighted by atomic mass is 10.2. The van der Waals surface area contributed by atoms with Gasteiger partial charge in [0.1, 0.15) is 0 Å². The van der Waals surface area contributed by atoms with Crippen molar-refractivity contribution in [1.29, 1.82) is 0 Å². The van der Waals surface area contributed by atoms with E-state index in [2.05, 4.69) is 22.5 Å². The van der Waals surface area contributed by atoms with Gasteiger partial charge in [-0.25, -0.2) is 0 Å². The number of aryl methyl sites for hydroxylation is 1. The molecule has 3 heteroatoms. The van der Waals surface area contributed by atoms with Crippen LogP contribution in [0.25, 0.3) is 10.9 Å². The molecule has 2 aromatic rings. The van der Waals surface area contributed by atoms with Crippen LogP contribution in [0.3, 0.4) is 0 Å². The first kappa shape index (κ1) is 7.16. The van der Waals surface area contributed by atoms with Crippen molar-refractivity contribution >= 4 is 16.6 Å². The SMILES string of the molecule is CNc1ccc2c(cnn2C)c1. The fraction of sp³-hybridized carbons (Fsp3) is 0.222. The molecule has 0 atom stereocenters. The van der Waals surface area contributed by atoms with E-state index in [0.717, 1.165) is 11.2 Å². The fourth-order valence-corrected chi connectivity index (χ4v) is 1.32. The highest BCUT2D eigenvalue weighted by molar-refractivity contribution is 5.82. The molecule has 0 spiro atoms. The predicted octanol–water partition coefficient (Wildman–Crippen LogP) is 1.61. The maximum absolute atomic E-state index is 4.16. The van der Waals surface area contributed by atoms with Gasteiger partial charge in [-0.3, -0.25) is 4.68 Å². The van der Waals surface area contributed by atoms with Crippen molar-refractivity contribution < 1.29 is 0 Å². The van der Waals surface area contributed by atoms with Crippen LogP contribution in [0.1, 0.15) is 0 Å². The van der Waals surface area contributed by atoms with Gasteiger partial charge in [0, 0.05) is 25.2 Å². The molecule has 0 amide bonds. The van der Waals surface area contributed by atoms with Gasteiger partial charge in [0.2, 0.25) is 0 Å². The second kappa shape index (κ2) is 2.52. The monoisotopic (exact) mass is 161 g/mol. The van der Waals surface area contributed by atoms with E-state index in [0.29, 0.717) is 0 Å². The molecule has 0 saturated heterocycles. The van der Waals surface area contributed by atoms with Crippen molar-refractivity contribution in [1.82, 2.24) is 9.78 Å². The summed E-state index contributed by atoms with van der Waals surface area (Å²) in [5.74, 6) is 0. The zero-order chi connectivity index (χ0) is 8.55. The van der Waals surface area contributed by atoms with Gasteiger partial charge in [0.25, 0.3) is 0 Å². The van der Waals surface area contributed by atoms with Gasteiger partial charge in [0.05, 0.1) is 11.7 Å². The number of rotatable bonds is 1. The second-order valence-corrected chi connectivity index (χ2v) is 2.79. The first-order valence-electron chi connectivity index (χ1n) is 3.91. The van der Waals surface area contributed by atoms with E-state index in [1.807, 2.05) is 31.0 Å². The number of anilines is 1. The van der Waals surface area contributed by atoms with E-state index >= 15 is 0 Å². The zero-order valence-corrected chi connectivity index (χ0v) is 7.20. The number of aromatic nitrogens is 2. The van der Waals surface area contributed by atoms with Crippen molar-refractivity contribution in [2.45, 2.75) is 0 Å². The average Bonchev–Trinajstić information content (AvgIpc) is 2.47. The first-order chi connectivity index (χ1) is 5.81. The minimum absolute atomic E-state index is 1.12. The molecule has 1 heterocycles. The van der Waals surface area contributed by atoms with Crippen LogP contribution in [0.15, 0.2) is 24.4 Å². The lowest BCUT2D eigenvalue weighted by molar-refractivity contribution is 0.797. The third-order valence-corrected chi connectivity index (χ3v) is 2.03. The molecule has 3 nitrogen and oxygen atoms in total. The summed E-state index contributed by atoms with van der Waals surface area (Å²) in [5.41, 5.74) is 2.28. The summed E-state index contributed by atoms with van der Waals surface area (Å²) in [4.78, 5) is 0. The van der Waals surface area contributed by atoms with Gasteiger partial charge in [-0.1, -0.05) is 0 Å². The summed E-state index contributed by atoms with van der Waals surface area (Å²) in [7, 11) is 3.86. The topological polar surface area (TPSA) is 29.9 Å². The van der Waals surface area contributed by atoms with Crippen LogP contribution in [0.2, 0.25) is 0 Å². The number of benzene rings is 1. The van der Waals surface area contributed by atoms with Crippen molar-refractivity contribution in [2.75, 3.05) is 12.4 Å². The first-order valence-corrected chi connectivity index (χ1v) is 3.91. The van der Waals surface area contributed by atoms with Crippen LogP contribution in [0, 0.1) is 0 Å². The molecule has 62 valence electrons. The molecule has 0 bridgehead atoms. The number of hydrogen-bond acceptors (Lipinski definition) is 2. The van der Waals surface area contributed by atoms with E-state index in [-0.39, 0.29) is 0 Å². The van der Waals surface area contributed by atoms with Gasteiger partial charge in [0.15, 0.2) is 0 Å². The summed E-state index contributed by atoms with van der Waals surface area (Å²) >= 11 is 0. The smallest absolute Gasteiger partial charge is 0.0680 e. The Balaban J connectivity index is 2.69. The normalized spacial score (nSPS) is 10.5. The van der Waals surface area contributed by atoms with Gasteiger partial charge < -0.3 is 5.32 Å². The number of nitrogens with one attached hydrogen (secondary N) is 1. The van der Waals surface area contributed by atoms with Crippen LogP contribution >= 0.6 is 0 Å². The largest absolute Gasteiger partial charge is 0.388 e. The molecular weight excluding hydrogens is 150 g/mol. The predicted molar refractivity (Wildman–Crippen MR) is 50.3 cm³/mol. The Hall–Kier alpha value is -1.51.